The lowest BCUT2D eigenvalue weighted by Crippen LogP contribution is -2.39. The first-order chi connectivity index (χ1) is 19.5. The number of benzene rings is 2. The summed E-state index contributed by atoms with van der Waals surface area (Å²) in [4.78, 5) is 39.4. The molecule has 4 rings (SSSR count). The number of nitrogens with zero attached hydrogens (tertiary/aromatic N) is 2. The van der Waals surface area contributed by atoms with E-state index in [1.54, 1.807) is 17.0 Å². The molecular weight excluding hydrogens is 512 g/mol. The smallest absolute Gasteiger partial charge is 0.409 e. The normalized spacial score (nSPS) is 16.4. The molecule has 2 aromatic rings. The number of amides is 1. The summed E-state index contributed by atoms with van der Waals surface area (Å²) in [5.41, 5.74) is 4.23. The fourth-order valence-corrected chi connectivity index (χ4v) is 5.43. The van der Waals surface area contributed by atoms with Crippen molar-refractivity contribution in [1.82, 2.24) is 9.80 Å². The number of aryl methyl sites for hydroxylation is 1. The zero-order valence-electron chi connectivity index (χ0n) is 23.6. The Balaban J connectivity index is 1.41. The van der Waals surface area contributed by atoms with E-state index in [2.05, 4.69) is 17.0 Å². The summed E-state index contributed by atoms with van der Waals surface area (Å²) in [6.07, 6.45) is 5.45. The van der Waals surface area contributed by atoms with Crippen molar-refractivity contribution >= 4 is 18.0 Å². The van der Waals surface area contributed by atoms with Crippen LogP contribution < -0.4 is 4.74 Å². The van der Waals surface area contributed by atoms with Crippen molar-refractivity contribution in [3.63, 3.8) is 0 Å². The molecule has 0 bridgehead atoms. The SMILES string of the molecule is COC(=O)CCCCN(Cc1ccc(C(=O)OC)cc1)C1CCc2cccc(OCCCN3CCOC3=O)c2C1. The van der Waals surface area contributed by atoms with Gasteiger partial charge >= 0.3 is 18.0 Å². The van der Waals surface area contributed by atoms with Crippen LogP contribution in [0, 0.1) is 0 Å². The van der Waals surface area contributed by atoms with E-state index in [1.807, 2.05) is 18.2 Å². The molecule has 2 aromatic carbocycles. The Morgan fingerprint density at radius 1 is 1.05 bits per heavy atom. The summed E-state index contributed by atoms with van der Waals surface area (Å²) in [5, 5.41) is 0. The lowest BCUT2D eigenvalue weighted by molar-refractivity contribution is -0.140. The van der Waals surface area contributed by atoms with E-state index in [0.29, 0.717) is 44.3 Å². The number of cyclic esters (lactones) is 1. The number of carbonyl (C=O) groups is 3. The maximum absolute atomic E-state index is 11.9. The number of rotatable bonds is 14. The van der Waals surface area contributed by atoms with Gasteiger partial charge in [-0.15, -0.1) is 0 Å². The van der Waals surface area contributed by atoms with Crippen LogP contribution in [0.5, 0.6) is 5.75 Å². The van der Waals surface area contributed by atoms with Gasteiger partial charge in [-0.1, -0.05) is 24.3 Å². The standard InChI is InChI=1S/C31H40N2O7/c1-37-29(34)9-3-4-16-33(22-23-10-12-25(13-11-23)30(35)38-2)26-15-14-24-7-5-8-28(27(24)21-26)39-19-6-17-32-18-20-40-31(32)36/h5,7-8,10-13,26H,3-4,6,9,14-22H2,1-2H3. The van der Waals surface area contributed by atoms with Crippen molar-refractivity contribution in [3.8, 4) is 5.75 Å². The van der Waals surface area contributed by atoms with Crippen LogP contribution >= 0.6 is 0 Å². The highest BCUT2D eigenvalue weighted by atomic mass is 16.6. The highest BCUT2D eigenvalue weighted by Crippen LogP contribution is 2.32. The van der Waals surface area contributed by atoms with Crippen LogP contribution in [0.15, 0.2) is 42.5 Å². The Bertz CT molecular complexity index is 1150. The second-order valence-corrected chi connectivity index (χ2v) is 10.3. The lowest BCUT2D eigenvalue weighted by atomic mass is 9.86. The fourth-order valence-electron chi connectivity index (χ4n) is 5.43. The van der Waals surface area contributed by atoms with E-state index < -0.39 is 0 Å². The predicted octanol–water partition coefficient (Wildman–Crippen LogP) is 4.40. The first kappa shape index (κ1) is 29.4. The summed E-state index contributed by atoms with van der Waals surface area (Å²) < 4.78 is 20.9. The Morgan fingerprint density at radius 2 is 1.88 bits per heavy atom. The third-order valence-electron chi connectivity index (χ3n) is 7.67. The van der Waals surface area contributed by atoms with Crippen LogP contribution in [-0.4, -0.2) is 80.9 Å². The van der Waals surface area contributed by atoms with E-state index >= 15 is 0 Å². The average Bonchev–Trinajstić information content (AvgIpc) is 3.40. The Hall–Kier alpha value is -3.59. The molecule has 1 amide bonds. The molecule has 0 radical (unpaired) electrons. The number of unbranched alkanes of at least 4 members (excludes halogenated alkanes) is 1. The topological polar surface area (TPSA) is 94.6 Å². The molecule has 0 N–H and O–H groups in total. The largest absolute Gasteiger partial charge is 0.493 e. The lowest BCUT2D eigenvalue weighted by Gasteiger charge is -2.36. The Morgan fingerprint density at radius 3 is 2.60 bits per heavy atom. The van der Waals surface area contributed by atoms with Gasteiger partial charge in [0, 0.05) is 25.6 Å². The molecule has 216 valence electrons. The molecule has 2 aliphatic rings. The number of hydrogen-bond acceptors (Lipinski definition) is 8. The second kappa shape index (κ2) is 14.7. The molecule has 9 heteroatoms. The van der Waals surface area contributed by atoms with Gasteiger partial charge in [-0.25, -0.2) is 9.59 Å². The minimum atomic E-state index is -0.344. The number of hydrogen-bond donors (Lipinski definition) is 0. The molecule has 1 aliphatic heterocycles. The molecule has 1 heterocycles. The number of ether oxygens (including phenoxy) is 4. The Kier molecular flexibility index (Phi) is 10.8. The van der Waals surface area contributed by atoms with Crippen molar-refractivity contribution in [2.45, 2.75) is 57.5 Å². The number of carbonyl (C=O) groups excluding carboxylic acids is 3. The van der Waals surface area contributed by atoms with Gasteiger partial charge < -0.3 is 23.8 Å². The maximum Gasteiger partial charge on any atom is 0.409 e. The third-order valence-corrected chi connectivity index (χ3v) is 7.67. The van der Waals surface area contributed by atoms with Gasteiger partial charge in [0.25, 0.3) is 0 Å². The Labute approximate surface area is 236 Å². The zero-order valence-corrected chi connectivity index (χ0v) is 23.6. The second-order valence-electron chi connectivity index (χ2n) is 10.3. The van der Waals surface area contributed by atoms with Gasteiger partial charge in [0.05, 0.1) is 32.9 Å². The van der Waals surface area contributed by atoms with Crippen LogP contribution in [0.2, 0.25) is 0 Å². The molecule has 1 unspecified atom stereocenters. The number of fused-ring (bicyclic) bond motifs is 1. The molecular formula is C31H40N2O7. The molecule has 0 saturated carbocycles. The highest BCUT2D eigenvalue weighted by Gasteiger charge is 2.27. The molecule has 1 fully saturated rings. The quantitative estimate of drug-likeness (QED) is 0.193. The molecule has 9 nitrogen and oxygen atoms in total. The van der Waals surface area contributed by atoms with Gasteiger partial charge in [-0.3, -0.25) is 9.69 Å². The van der Waals surface area contributed by atoms with Crippen molar-refractivity contribution in [2.24, 2.45) is 0 Å². The van der Waals surface area contributed by atoms with Crippen LogP contribution in [0.4, 0.5) is 4.79 Å². The van der Waals surface area contributed by atoms with Crippen LogP contribution in [0.3, 0.4) is 0 Å². The van der Waals surface area contributed by atoms with Gasteiger partial charge in [-0.2, -0.15) is 0 Å². The number of methoxy groups -OCH3 is 2. The predicted molar refractivity (Wildman–Crippen MR) is 149 cm³/mol. The zero-order chi connectivity index (χ0) is 28.3. The molecule has 40 heavy (non-hydrogen) atoms. The molecule has 1 aliphatic carbocycles. The van der Waals surface area contributed by atoms with Gasteiger partial charge in [0.1, 0.15) is 12.4 Å². The maximum atomic E-state index is 11.9. The van der Waals surface area contributed by atoms with Crippen LogP contribution in [0.25, 0.3) is 0 Å². The first-order valence-corrected chi connectivity index (χ1v) is 14.1. The summed E-state index contributed by atoms with van der Waals surface area (Å²) in [7, 11) is 2.81. The highest BCUT2D eigenvalue weighted by molar-refractivity contribution is 5.89. The third kappa shape index (κ3) is 7.97. The molecule has 1 atom stereocenters. The molecule has 1 saturated heterocycles. The van der Waals surface area contributed by atoms with Crippen molar-refractivity contribution in [1.29, 1.82) is 0 Å². The monoisotopic (exact) mass is 552 g/mol. The van der Waals surface area contributed by atoms with E-state index in [1.165, 1.54) is 25.3 Å². The van der Waals surface area contributed by atoms with E-state index in [9.17, 15) is 14.4 Å². The van der Waals surface area contributed by atoms with Crippen LogP contribution in [-0.2, 0) is 38.4 Å². The van der Waals surface area contributed by atoms with Gasteiger partial charge in [0.15, 0.2) is 0 Å². The fraction of sp³-hybridized carbons (Fsp3) is 0.516. The molecule has 0 aromatic heterocycles. The van der Waals surface area contributed by atoms with E-state index in [4.69, 9.17) is 18.9 Å². The van der Waals surface area contributed by atoms with Crippen molar-refractivity contribution < 1.29 is 33.3 Å². The van der Waals surface area contributed by atoms with E-state index in [-0.39, 0.29) is 18.0 Å². The van der Waals surface area contributed by atoms with Gasteiger partial charge in [0.2, 0.25) is 0 Å². The summed E-state index contributed by atoms with van der Waals surface area (Å²) in [5.74, 6) is 0.391. The van der Waals surface area contributed by atoms with E-state index in [0.717, 1.165) is 62.9 Å². The minimum absolute atomic E-state index is 0.181. The van der Waals surface area contributed by atoms with Gasteiger partial charge in [-0.05, 0) is 80.0 Å². The summed E-state index contributed by atoms with van der Waals surface area (Å²) in [6, 6.07) is 14.2. The minimum Gasteiger partial charge on any atom is -0.493 e. The molecule has 0 spiro atoms. The van der Waals surface area contributed by atoms with Crippen molar-refractivity contribution in [3.05, 3.63) is 64.7 Å². The van der Waals surface area contributed by atoms with Crippen molar-refractivity contribution in [2.75, 3.05) is 47.1 Å². The first-order valence-electron chi connectivity index (χ1n) is 14.1. The van der Waals surface area contributed by atoms with Crippen LogP contribution in [0.1, 0.15) is 59.2 Å². The summed E-state index contributed by atoms with van der Waals surface area (Å²) >= 11 is 0. The average molecular weight is 553 g/mol. The summed E-state index contributed by atoms with van der Waals surface area (Å²) in [6.45, 7) is 3.86. The number of esters is 2.